The predicted molar refractivity (Wildman–Crippen MR) is 80.6 cm³/mol. The summed E-state index contributed by atoms with van der Waals surface area (Å²) in [7, 11) is 0. The van der Waals surface area contributed by atoms with Crippen molar-refractivity contribution < 1.29 is 20.0 Å². The van der Waals surface area contributed by atoms with Crippen LogP contribution in [0, 0.1) is 5.21 Å². The number of carbonyl (C=O) groups excluding carboxylic acids is 1. The maximum atomic E-state index is 11.9. The summed E-state index contributed by atoms with van der Waals surface area (Å²) in [5.74, 6) is -0.308. The van der Waals surface area contributed by atoms with Crippen LogP contribution >= 0.6 is 0 Å². The molecule has 2 unspecified atom stereocenters. The maximum Gasteiger partial charge on any atom is 0.339 e. The molecule has 2 aromatic carbocycles. The quantitative estimate of drug-likeness (QED) is 0.670. The molecule has 0 bridgehead atoms. The first-order valence-corrected chi connectivity index (χ1v) is 6.94. The zero-order valence-corrected chi connectivity index (χ0v) is 11.7. The third-order valence-electron chi connectivity index (χ3n) is 3.58. The summed E-state index contributed by atoms with van der Waals surface area (Å²) in [5.41, 5.74) is 2.71. The number of ether oxygens (including phenoxy) is 1. The van der Waals surface area contributed by atoms with Crippen LogP contribution < -0.4 is 5.23 Å². The maximum absolute atomic E-state index is 11.9. The fraction of sp³-hybridized carbons (Fsp3) is 0.118. The van der Waals surface area contributed by atoms with E-state index in [0.29, 0.717) is 12.0 Å². The first-order valence-electron chi connectivity index (χ1n) is 6.94. The second kappa shape index (κ2) is 6.11. The Hall–Kier alpha value is -2.47. The van der Waals surface area contributed by atoms with Crippen LogP contribution in [0.15, 0.2) is 54.6 Å². The minimum atomic E-state index is -0.951. The highest BCUT2D eigenvalue weighted by Crippen LogP contribution is 2.21. The number of rotatable bonds is 3. The highest BCUT2D eigenvalue weighted by molar-refractivity contribution is 5.92. The molecule has 2 N–H and O–H groups in total. The van der Waals surface area contributed by atoms with Gasteiger partial charge >= 0.3 is 5.97 Å². The van der Waals surface area contributed by atoms with Crippen LogP contribution in [0.25, 0.3) is 6.08 Å². The zero-order chi connectivity index (χ0) is 15.5. The first-order chi connectivity index (χ1) is 10.6. The molecule has 0 amide bonds. The van der Waals surface area contributed by atoms with Gasteiger partial charge in [0, 0.05) is 18.6 Å². The van der Waals surface area contributed by atoms with Gasteiger partial charge in [0.15, 0.2) is 5.69 Å². The van der Waals surface area contributed by atoms with Crippen molar-refractivity contribution in [3.8, 4) is 0 Å². The second-order valence-corrected chi connectivity index (χ2v) is 5.09. The molecule has 0 radical (unpaired) electrons. The van der Waals surface area contributed by atoms with E-state index in [1.807, 2.05) is 30.4 Å². The molecule has 1 heterocycles. The number of hydrogen-bond donors (Lipinski definition) is 2. The predicted octanol–water partition coefficient (Wildman–Crippen LogP) is 1.88. The van der Waals surface area contributed by atoms with Crippen molar-refractivity contribution in [1.82, 2.24) is 0 Å². The molecule has 0 aliphatic carbocycles. The summed E-state index contributed by atoms with van der Waals surface area (Å²) in [5, 5.41) is 18.7. The molecule has 2 aromatic rings. The number of quaternary nitrogens is 1. The molecule has 0 fully saturated rings. The average Bonchev–Trinajstić information content (AvgIpc) is 2.53. The molecular weight excluding hydrogens is 282 g/mol. The molecule has 22 heavy (non-hydrogen) atoms. The van der Waals surface area contributed by atoms with Crippen molar-refractivity contribution in [2.45, 2.75) is 12.5 Å². The molecule has 2 atom stereocenters. The van der Waals surface area contributed by atoms with Gasteiger partial charge in [0.2, 0.25) is 0 Å². The van der Waals surface area contributed by atoms with Gasteiger partial charge in [-0.25, -0.2) is 10.0 Å². The Morgan fingerprint density at radius 2 is 1.91 bits per heavy atom. The van der Waals surface area contributed by atoms with E-state index in [1.54, 1.807) is 30.3 Å². The second-order valence-electron chi connectivity index (χ2n) is 5.09. The van der Waals surface area contributed by atoms with Crippen molar-refractivity contribution in [1.29, 1.82) is 0 Å². The van der Waals surface area contributed by atoms with Crippen LogP contribution in [0.3, 0.4) is 0 Å². The van der Waals surface area contributed by atoms with Gasteiger partial charge in [0.25, 0.3) is 0 Å². The molecule has 5 heteroatoms. The Morgan fingerprint density at radius 1 is 1.18 bits per heavy atom. The number of cyclic esters (lactones) is 1. The van der Waals surface area contributed by atoms with E-state index in [2.05, 4.69) is 0 Å². The van der Waals surface area contributed by atoms with E-state index in [9.17, 15) is 10.0 Å². The Morgan fingerprint density at radius 3 is 2.64 bits per heavy atom. The lowest BCUT2D eigenvalue weighted by atomic mass is 9.98. The Kier molecular flexibility index (Phi) is 4.02. The van der Waals surface area contributed by atoms with Gasteiger partial charge in [-0.3, -0.25) is 0 Å². The molecule has 112 valence electrons. The lowest BCUT2D eigenvalue weighted by Crippen LogP contribution is -2.99. The molecule has 0 spiro atoms. The minimum Gasteiger partial charge on any atom is -0.595 e. The normalized spacial score (nSPS) is 18.8. The van der Waals surface area contributed by atoms with Gasteiger partial charge in [0.1, 0.15) is 6.10 Å². The fourth-order valence-corrected chi connectivity index (χ4v) is 2.42. The van der Waals surface area contributed by atoms with Crippen molar-refractivity contribution in [2.24, 2.45) is 0 Å². The lowest BCUT2D eigenvalue weighted by Gasteiger charge is -2.22. The number of carbonyl (C=O) groups is 1. The average molecular weight is 297 g/mol. The summed E-state index contributed by atoms with van der Waals surface area (Å²) in [4.78, 5) is 11.9. The van der Waals surface area contributed by atoms with Crippen LogP contribution in [-0.2, 0) is 11.2 Å². The standard InChI is InChI=1S/C17H15NO4/c19-17-16-4-2-1-3-13(16)11-15(22-17)10-7-12-5-8-14(9-6-12)18(20)21/h1-10,15,18,20H,11H2. The van der Waals surface area contributed by atoms with E-state index < -0.39 is 5.23 Å². The largest absolute Gasteiger partial charge is 0.595 e. The van der Waals surface area contributed by atoms with Crippen LogP contribution in [0.4, 0.5) is 5.69 Å². The molecule has 1 aliphatic rings. The number of fused-ring (bicyclic) bond motifs is 1. The minimum absolute atomic E-state index is 0.246. The lowest BCUT2D eigenvalue weighted by molar-refractivity contribution is -0.991. The summed E-state index contributed by atoms with van der Waals surface area (Å²) in [6, 6.07) is 14.0. The molecule has 1 aliphatic heterocycles. The van der Waals surface area contributed by atoms with Crippen LogP contribution in [0.1, 0.15) is 21.5 Å². The number of hydrogen-bond acceptors (Lipinski definition) is 4. The van der Waals surface area contributed by atoms with Crippen molar-refractivity contribution in [3.05, 3.63) is 76.5 Å². The van der Waals surface area contributed by atoms with Crippen LogP contribution in [0.5, 0.6) is 0 Å². The number of esters is 1. The van der Waals surface area contributed by atoms with Crippen molar-refractivity contribution in [3.63, 3.8) is 0 Å². The smallest absolute Gasteiger partial charge is 0.339 e. The van der Waals surface area contributed by atoms with Crippen LogP contribution in [-0.4, -0.2) is 17.3 Å². The van der Waals surface area contributed by atoms with E-state index in [1.165, 1.54) is 0 Å². The molecule has 0 aromatic heterocycles. The summed E-state index contributed by atoms with van der Waals surface area (Å²) >= 11 is 0. The molecule has 3 rings (SSSR count). The van der Waals surface area contributed by atoms with Gasteiger partial charge in [0.05, 0.1) is 5.56 Å². The first kappa shape index (κ1) is 14.5. The van der Waals surface area contributed by atoms with Gasteiger partial charge in [-0.2, -0.15) is 5.23 Å². The zero-order valence-electron chi connectivity index (χ0n) is 11.7. The van der Waals surface area contributed by atoms with Crippen LogP contribution in [0.2, 0.25) is 0 Å². The monoisotopic (exact) mass is 297 g/mol. The van der Waals surface area contributed by atoms with E-state index >= 15 is 0 Å². The van der Waals surface area contributed by atoms with Crippen molar-refractivity contribution in [2.75, 3.05) is 0 Å². The van der Waals surface area contributed by atoms with Crippen molar-refractivity contribution >= 4 is 17.7 Å². The molecular formula is C17H15NO4. The number of nitrogens with one attached hydrogen (secondary N) is 1. The summed E-state index contributed by atoms with van der Waals surface area (Å²) in [6.45, 7) is 0. The SMILES string of the molecule is O=C1OC(C=Cc2ccc([NH+]([O-])O)cc2)Cc2ccccc21. The Bertz CT molecular complexity index is 707. The third-order valence-corrected chi connectivity index (χ3v) is 3.58. The van der Waals surface area contributed by atoms with E-state index in [-0.39, 0.29) is 17.8 Å². The van der Waals surface area contributed by atoms with Gasteiger partial charge in [-0.15, -0.1) is 0 Å². The molecule has 0 saturated heterocycles. The topological polar surface area (TPSA) is 74.0 Å². The number of benzene rings is 2. The molecule has 5 nitrogen and oxygen atoms in total. The summed E-state index contributed by atoms with van der Waals surface area (Å²) in [6.07, 6.45) is 3.99. The Labute approximate surface area is 127 Å². The van der Waals surface area contributed by atoms with Gasteiger partial charge in [-0.1, -0.05) is 24.3 Å². The van der Waals surface area contributed by atoms with Gasteiger partial charge in [-0.05, 0) is 35.4 Å². The van der Waals surface area contributed by atoms with E-state index in [0.717, 1.165) is 11.1 Å². The van der Waals surface area contributed by atoms with E-state index in [4.69, 9.17) is 9.94 Å². The third kappa shape index (κ3) is 3.07. The highest BCUT2D eigenvalue weighted by atomic mass is 16.8. The summed E-state index contributed by atoms with van der Waals surface area (Å²) < 4.78 is 5.38. The Balaban J connectivity index is 1.73. The van der Waals surface area contributed by atoms with Gasteiger partial charge < -0.3 is 9.94 Å². The fourth-order valence-electron chi connectivity index (χ4n) is 2.42. The molecule has 0 saturated carbocycles. The highest BCUT2D eigenvalue weighted by Gasteiger charge is 2.23.